The maximum Gasteiger partial charge on any atom is 0.255 e. The quantitative estimate of drug-likeness (QED) is 0.739. The maximum atomic E-state index is 13.0. The number of pyridine rings is 1. The highest BCUT2D eigenvalue weighted by Gasteiger charge is 2.21. The van der Waals surface area contributed by atoms with Crippen LogP contribution in [0.3, 0.4) is 0 Å². The zero-order valence-corrected chi connectivity index (χ0v) is 10.1. The molecule has 1 aromatic heterocycles. The monoisotopic (exact) mass is 236 g/mol. The van der Waals surface area contributed by atoms with Gasteiger partial charge >= 0.3 is 0 Å². The highest BCUT2D eigenvalue weighted by atomic mass is 19.1. The normalized spacial score (nSPS) is 16.0. The van der Waals surface area contributed by atoms with E-state index in [1.165, 1.54) is 12.5 Å². The average Bonchev–Trinajstić information content (AvgIpc) is 2.39. The van der Waals surface area contributed by atoms with E-state index in [1.807, 2.05) is 11.8 Å². The van der Waals surface area contributed by atoms with Gasteiger partial charge in [0.25, 0.3) is 5.91 Å². The van der Waals surface area contributed by atoms with Crippen LogP contribution in [0.15, 0.2) is 12.1 Å². The molecular formula is C13H17FN2O. The molecule has 0 spiro atoms. The molecule has 1 fully saturated rings. The van der Waals surface area contributed by atoms with Crippen LogP contribution in [0.5, 0.6) is 0 Å². The summed E-state index contributed by atoms with van der Waals surface area (Å²) in [5.74, 6) is -0.522. The van der Waals surface area contributed by atoms with Crippen LogP contribution in [0.1, 0.15) is 42.2 Å². The molecule has 0 unspecified atom stereocenters. The Morgan fingerprint density at radius 3 is 2.71 bits per heavy atom. The molecule has 0 saturated carbocycles. The number of carbonyl (C=O) groups excluding carboxylic acids is 1. The Balaban J connectivity index is 2.23. The molecule has 0 bridgehead atoms. The number of aromatic nitrogens is 1. The molecule has 0 atom stereocenters. The van der Waals surface area contributed by atoms with Crippen LogP contribution in [-0.4, -0.2) is 28.9 Å². The third-order valence-corrected chi connectivity index (χ3v) is 3.15. The number of halogens is 1. The number of piperidine rings is 1. The minimum Gasteiger partial charge on any atom is -0.339 e. The van der Waals surface area contributed by atoms with Crippen LogP contribution in [0.25, 0.3) is 0 Å². The van der Waals surface area contributed by atoms with Gasteiger partial charge in [-0.25, -0.2) is 4.98 Å². The number of amides is 1. The molecule has 1 aliphatic heterocycles. The number of carbonyl (C=O) groups is 1. The van der Waals surface area contributed by atoms with Crippen LogP contribution in [0.4, 0.5) is 4.39 Å². The smallest absolute Gasteiger partial charge is 0.255 e. The van der Waals surface area contributed by atoms with Crippen molar-refractivity contribution in [3.63, 3.8) is 0 Å². The second-order valence-corrected chi connectivity index (χ2v) is 4.33. The summed E-state index contributed by atoms with van der Waals surface area (Å²) in [5.41, 5.74) is 1.11. The lowest BCUT2D eigenvalue weighted by Crippen LogP contribution is -2.36. The van der Waals surface area contributed by atoms with Crippen molar-refractivity contribution in [2.45, 2.75) is 32.6 Å². The predicted octanol–water partition coefficient (Wildman–Crippen LogP) is 2.41. The first-order valence-electron chi connectivity index (χ1n) is 6.17. The number of hydrogen-bond acceptors (Lipinski definition) is 2. The van der Waals surface area contributed by atoms with Crippen molar-refractivity contribution in [1.29, 1.82) is 0 Å². The van der Waals surface area contributed by atoms with Crippen molar-refractivity contribution in [2.24, 2.45) is 0 Å². The first kappa shape index (κ1) is 12.0. The zero-order chi connectivity index (χ0) is 12.3. The van der Waals surface area contributed by atoms with E-state index in [0.29, 0.717) is 17.7 Å². The lowest BCUT2D eigenvalue weighted by atomic mass is 10.1. The third-order valence-electron chi connectivity index (χ3n) is 3.15. The molecule has 1 saturated heterocycles. The van der Waals surface area contributed by atoms with Gasteiger partial charge in [0.15, 0.2) is 0 Å². The molecule has 1 amide bonds. The number of aryl methyl sites for hydroxylation is 1. The van der Waals surface area contributed by atoms with Gasteiger partial charge in [0.1, 0.15) is 0 Å². The van der Waals surface area contributed by atoms with E-state index < -0.39 is 5.95 Å². The minimum atomic E-state index is -0.517. The fourth-order valence-electron chi connectivity index (χ4n) is 2.21. The van der Waals surface area contributed by atoms with E-state index in [4.69, 9.17) is 0 Å². The number of nitrogens with zero attached hydrogens (tertiary/aromatic N) is 2. The lowest BCUT2D eigenvalue weighted by molar-refractivity contribution is 0.0722. The lowest BCUT2D eigenvalue weighted by Gasteiger charge is -2.27. The number of likely N-dealkylation sites (tertiary alicyclic amines) is 1. The van der Waals surface area contributed by atoms with Gasteiger partial charge in [0, 0.05) is 13.1 Å². The van der Waals surface area contributed by atoms with E-state index >= 15 is 0 Å². The van der Waals surface area contributed by atoms with Gasteiger partial charge in [-0.15, -0.1) is 0 Å². The van der Waals surface area contributed by atoms with Gasteiger partial charge < -0.3 is 4.90 Å². The van der Waals surface area contributed by atoms with Crippen molar-refractivity contribution in [1.82, 2.24) is 9.88 Å². The Kier molecular flexibility index (Phi) is 3.71. The highest BCUT2D eigenvalue weighted by molar-refractivity contribution is 5.95. The molecule has 3 nitrogen and oxygen atoms in total. The predicted molar refractivity (Wildman–Crippen MR) is 63.3 cm³/mol. The first-order valence-corrected chi connectivity index (χ1v) is 6.17. The summed E-state index contributed by atoms with van der Waals surface area (Å²) in [6.07, 6.45) is 3.88. The summed E-state index contributed by atoms with van der Waals surface area (Å²) in [5, 5.41) is 0. The van der Waals surface area contributed by atoms with Gasteiger partial charge in [-0.1, -0.05) is 6.92 Å². The Labute approximate surface area is 101 Å². The maximum absolute atomic E-state index is 13.0. The van der Waals surface area contributed by atoms with Crippen LogP contribution in [0.2, 0.25) is 0 Å². The molecule has 0 N–H and O–H groups in total. The Hall–Kier alpha value is -1.45. The SMILES string of the molecule is CCc1nc(F)ccc1C(=O)N1CCCCC1. The summed E-state index contributed by atoms with van der Waals surface area (Å²) < 4.78 is 13.0. The van der Waals surface area contributed by atoms with Gasteiger partial charge in [0.2, 0.25) is 5.95 Å². The van der Waals surface area contributed by atoms with Gasteiger partial charge in [0.05, 0.1) is 11.3 Å². The average molecular weight is 236 g/mol. The number of hydrogen-bond donors (Lipinski definition) is 0. The standard InChI is InChI=1S/C13H17FN2O/c1-2-11-10(6-7-12(14)15-11)13(17)16-8-4-3-5-9-16/h6-7H,2-5,8-9H2,1H3. The summed E-state index contributed by atoms with van der Waals surface area (Å²) in [6, 6.07) is 2.81. The summed E-state index contributed by atoms with van der Waals surface area (Å²) in [4.78, 5) is 17.9. The van der Waals surface area contributed by atoms with Crippen molar-refractivity contribution in [3.8, 4) is 0 Å². The minimum absolute atomic E-state index is 0.00551. The first-order chi connectivity index (χ1) is 8.22. The van der Waals surface area contributed by atoms with Crippen molar-refractivity contribution < 1.29 is 9.18 Å². The molecule has 1 aromatic rings. The van der Waals surface area contributed by atoms with Gasteiger partial charge in [-0.3, -0.25) is 4.79 Å². The van der Waals surface area contributed by atoms with E-state index in [9.17, 15) is 9.18 Å². The topological polar surface area (TPSA) is 33.2 Å². The molecule has 1 aliphatic rings. The Bertz CT molecular complexity index is 414. The van der Waals surface area contributed by atoms with E-state index in [1.54, 1.807) is 6.07 Å². The third kappa shape index (κ3) is 2.62. The number of rotatable bonds is 2. The second-order valence-electron chi connectivity index (χ2n) is 4.33. The summed E-state index contributed by atoms with van der Waals surface area (Å²) in [7, 11) is 0. The van der Waals surface area contributed by atoms with Crippen molar-refractivity contribution >= 4 is 5.91 Å². The van der Waals surface area contributed by atoms with Crippen LogP contribution < -0.4 is 0 Å². The largest absolute Gasteiger partial charge is 0.339 e. The molecule has 2 rings (SSSR count). The highest BCUT2D eigenvalue weighted by Crippen LogP contribution is 2.16. The summed E-state index contributed by atoms with van der Waals surface area (Å²) >= 11 is 0. The van der Waals surface area contributed by atoms with Gasteiger partial charge in [-0.05, 0) is 37.8 Å². The molecule has 0 aliphatic carbocycles. The molecule has 92 valence electrons. The fourth-order valence-corrected chi connectivity index (χ4v) is 2.21. The van der Waals surface area contributed by atoms with Crippen LogP contribution in [0, 0.1) is 5.95 Å². The summed E-state index contributed by atoms with van der Waals surface area (Å²) in [6.45, 7) is 3.49. The zero-order valence-electron chi connectivity index (χ0n) is 10.1. The Morgan fingerprint density at radius 1 is 1.35 bits per heavy atom. The van der Waals surface area contributed by atoms with Gasteiger partial charge in [-0.2, -0.15) is 4.39 Å². The molecular weight excluding hydrogens is 219 g/mol. The molecule has 0 aromatic carbocycles. The van der Waals surface area contributed by atoms with Crippen LogP contribution in [-0.2, 0) is 6.42 Å². The van der Waals surface area contributed by atoms with E-state index in [0.717, 1.165) is 25.9 Å². The second kappa shape index (κ2) is 5.25. The fraction of sp³-hybridized carbons (Fsp3) is 0.538. The molecule has 2 heterocycles. The van der Waals surface area contributed by atoms with E-state index in [2.05, 4.69) is 4.98 Å². The molecule has 0 radical (unpaired) electrons. The molecule has 4 heteroatoms. The molecule has 17 heavy (non-hydrogen) atoms. The Morgan fingerprint density at radius 2 is 2.06 bits per heavy atom. The van der Waals surface area contributed by atoms with Crippen molar-refractivity contribution in [3.05, 3.63) is 29.3 Å². The van der Waals surface area contributed by atoms with E-state index in [-0.39, 0.29) is 5.91 Å². The van der Waals surface area contributed by atoms with Crippen LogP contribution >= 0.6 is 0 Å². The van der Waals surface area contributed by atoms with Crippen molar-refractivity contribution in [2.75, 3.05) is 13.1 Å².